The molecule has 2 rings (SSSR count). The zero-order valence-electron chi connectivity index (χ0n) is 9.93. The highest BCUT2D eigenvalue weighted by atomic mass is 16.3. The quantitative estimate of drug-likeness (QED) is 0.840. The average Bonchev–Trinajstić information content (AvgIpc) is 2.55. The van der Waals surface area contributed by atoms with Crippen molar-refractivity contribution in [3.8, 4) is 0 Å². The van der Waals surface area contributed by atoms with Crippen LogP contribution in [0.4, 0.5) is 0 Å². The van der Waals surface area contributed by atoms with Gasteiger partial charge in [-0.25, -0.2) is 0 Å². The second kappa shape index (κ2) is 5.82. The summed E-state index contributed by atoms with van der Waals surface area (Å²) in [6.07, 6.45) is 3.73. The standard InChI is InChI=1S/C14H19NO2/c16-13(11-6-2-1-3-7-11)10-12-8-4-5-9-14(17)15-12/h1-3,6-7,12-13,16H,4-5,8-10H2,(H,15,17). The maximum absolute atomic E-state index is 11.4. The number of hydrogen-bond donors (Lipinski definition) is 2. The van der Waals surface area contributed by atoms with Crippen LogP contribution in [0.5, 0.6) is 0 Å². The van der Waals surface area contributed by atoms with E-state index in [1.54, 1.807) is 0 Å². The molecule has 0 aliphatic carbocycles. The highest BCUT2D eigenvalue weighted by molar-refractivity contribution is 5.76. The predicted molar refractivity (Wildman–Crippen MR) is 66.4 cm³/mol. The van der Waals surface area contributed by atoms with E-state index in [4.69, 9.17) is 0 Å². The molecule has 1 saturated heterocycles. The first kappa shape index (κ1) is 12.1. The van der Waals surface area contributed by atoms with Gasteiger partial charge < -0.3 is 10.4 Å². The van der Waals surface area contributed by atoms with Gasteiger partial charge in [-0.15, -0.1) is 0 Å². The minimum absolute atomic E-state index is 0.111. The van der Waals surface area contributed by atoms with Gasteiger partial charge in [0.15, 0.2) is 0 Å². The van der Waals surface area contributed by atoms with Crippen LogP contribution in [0.2, 0.25) is 0 Å². The van der Waals surface area contributed by atoms with Crippen LogP contribution < -0.4 is 5.32 Å². The second-order valence-electron chi connectivity index (χ2n) is 4.67. The van der Waals surface area contributed by atoms with Crippen LogP contribution in [-0.2, 0) is 4.79 Å². The van der Waals surface area contributed by atoms with Crippen molar-refractivity contribution in [3.63, 3.8) is 0 Å². The first-order valence-corrected chi connectivity index (χ1v) is 6.28. The maximum atomic E-state index is 11.4. The molecule has 2 N–H and O–H groups in total. The fraction of sp³-hybridized carbons (Fsp3) is 0.500. The Labute approximate surface area is 102 Å². The van der Waals surface area contributed by atoms with E-state index in [-0.39, 0.29) is 11.9 Å². The molecule has 1 heterocycles. The summed E-state index contributed by atoms with van der Waals surface area (Å²) in [6.45, 7) is 0. The molecule has 92 valence electrons. The van der Waals surface area contributed by atoms with Crippen LogP contribution in [0.25, 0.3) is 0 Å². The van der Waals surface area contributed by atoms with E-state index in [1.807, 2.05) is 30.3 Å². The number of carbonyl (C=O) groups excluding carboxylic acids is 1. The zero-order valence-corrected chi connectivity index (χ0v) is 9.93. The molecule has 0 aromatic heterocycles. The van der Waals surface area contributed by atoms with Gasteiger partial charge in [0, 0.05) is 12.5 Å². The summed E-state index contributed by atoms with van der Waals surface area (Å²) in [5.74, 6) is 0.118. The van der Waals surface area contributed by atoms with E-state index in [0.717, 1.165) is 24.8 Å². The number of rotatable bonds is 3. The molecule has 3 nitrogen and oxygen atoms in total. The lowest BCUT2D eigenvalue weighted by molar-refractivity contribution is -0.121. The van der Waals surface area contributed by atoms with E-state index in [0.29, 0.717) is 12.8 Å². The van der Waals surface area contributed by atoms with Gasteiger partial charge in [0.25, 0.3) is 0 Å². The molecule has 0 radical (unpaired) electrons. The molecule has 1 aromatic rings. The SMILES string of the molecule is O=C1CCCCC(CC(O)c2ccccc2)N1. The van der Waals surface area contributed by atoms with Crippen LogP contribution in [-0.4, -0.2) is 17.1 Å². The molecule has 3 heteroatoms. The Hall–Kier alpha value is -1.35. The third kappa shape index (κ3) is 3.56. The molecule has 1 aliphatic heterocycles. The van der Waals surface area contributed by atoms with Gasteiger partial charge in [0.05, 0.1) is 6.10 Å². The molecule has 1 aromatic carbocycles. The summed E-state index contributed by atoms with van der Waals surface area (Å²) in [4.78, 5) is 11.4. The second-order valence-corrected chi connectivity index (χ2v) is 4.67. The van der Waals surface area contributed by atoms with Gasteiger partial charge in [0.1, 0.15) is 0 Å². The Bertz CT molecular complexity index is 364. The van der Waals surface area contributed by atoms with E-state index in [2.05, 4.69) is 5.32 Å². The van der Waals surface area contributed by atoms with Crippen molar-refractivity contribution in [2.45, 2.75) is 44.2 Å². The molecule has 1 amide bonds. The van der Waals surface area contributed by atoms with Crippen molar-refractivity contribution in [2.24, 2.45) is 0 Å². The summed E-state index contributed by atoms with van der Waals surface area (Å²) >= 11 is 0. The number of aliphatic hydroxyl groups excluding tert-OH is 1. The summed E-state index contributed by atoms with van der Waals surface area (Å²) < 4.78 is 0. The Morgan fingerprint density at radius 3 is 2.82 bits per heavy atom. The smallest absolute Gasteiger partial charge is 0.220 e. The zero-order chi connectivity index (χ0) is 12.1. The van der Waals surface area contributed by atoms with Crippen molar-refractivity contribution in [1.29, 1.82) is 0 Å². The van der Waals surface area contributed by atoms with Gasteiger partial charge >= 0.3 is 0 Å². The van der Waals surface area contributed by atoms with Gasteiger partial charge in [-0.2, -0.15) is 0 Å². The first-order valence-electron chi connectivity index (χ1n) is 6.28. The van der Waals surface area contributed by atoms with Crippen molar-refractivity contribution >= 4 is 5.91 Å². The monoisotopic (exact) mass is 233 g/mol. The largest absolute Gasteiger partial charge is 0.388 e. The third-order valence-corrected chi connectivity index (χ3v) is 3.26. The van der Waals surface area contributed by atoms with Crippen molar-refractivity contribution in [3.05, 3.63) is 35.9 Å². The Kier molecular flexibility index (Phi) is 4.15. The summed E-state index contributed by atoms with van der Waals surface area (Å²) in [5, 5.41) is 13.1. The van der Waals surface area contributed by atoms with E-state index < -0.39 is 6.10 Å². The average molecular weight is 233 g/mol. The van der Waals surface area contributed by atoms with Gasteiger partial charge in [-0.3, -0.25) is 4.79 Å². The summed E-state index contributed by atoms with van der Waals surface area (Å²) in [6, 6.07) is 9.73. The maximum Gasteiger partial charge on any atom is 0.220 e. The molecule has 2 atom stereocenters. The van der Waals surface area contributed by atoms with E-state index in [1.165, 1.54) is 0 Å². The highest BCUT2D eigenvalue weighted by Gasteiger charge is 2.20. The Morgan fingerprint density at radius 2 is 2.06 bits per heavy atom. The lowest BCUT2D eigenvalue weighted by Crippen LogP contribution is -2.34. The topological polar surface area (TPSA) is 49.3 Å². The van der Waals surface area contributed by atoms with Gasteiger partial charge in [0.2, 0.25) is 5.91 Å². The third-order valence-electron chi connectivity index (χ3n) is 3.26. The van der Waals surface area contributed by atoms with Crippen molar-refractivity contribution < 1.29 is 9.90 Å². The molecular formula is C14H19NO2. The van der Waals surface area contributed by atoms with E-state index >= 15 is 0 Å². The number of hydrogen-bond acceptors (Lipinski definition) is 2. The minimum atomic E-state index is -0.486. The number of benzene rings is 1. The number of carbonyl (C=O) groups is 1. The Balaban J connectivity index is 1.93. The molecular weight excluding hydrogens is 214 g/mol. The summed E-state index contributed by atoms with van der Waals surface area (Å²) in [5.41, 5.74) is 0.922. The predicted octanol–water partition coefficient (Wildman–Crippen LogP) is 2.17. The van der Waals surface area contributed by atoms with E-state index in [9.17, 15) is 9.90 Å². The summed E-state index contributed by atoms with van der Waals surface area (Å²) in [7, 11) is 0. The molecule has 0 bridgehead atoms. The van der Waals surface area contributed by atoms with Gasteiger partial charge in [-0.1, -0.05) is 36.8 Å². The minimum Gasteiger partial charge on any atom is -0.388 e. The van der Waals surface area contributed by atoms with Crippen molar-refractivity contribution in [2.75, 3.05) is 0 Å². The Morgan fingerprint density at radius 1 is 1.29 bits per heavy atom. The molecule has 0 spiro atoms. The fourth-order valence-corrected chi connectivity index (χ4v) is 2.31. The van der Waals surface area contributed by atoms with Crippen LogP contribution in [0, 0.1) is 0 Å². The fourth-order valence-electron chi connectivity index (χ4n) is 2.31. The molecule has 0 saturated carbocycles. The number of aliphatic hydroxyl groups is 1. The highest BCUT2D eigenvalue weighted by Crippen LogP contribution is 2.21. The number of amides is 1. The lowest BCUT2D eigenvalue weighted by Gasteiger charge is -2.19. The van der Waals surface area contributed by atoms with Gasteiger partial charge in [-0.05, 0) is 24.8 Å². The van der Waals surface area contributed by atoms with Crippen LogP contribution in [0.3, 0.4) is 0 Å². The van der Waals surface area contributed by atoms with Crippen LogP contribution in [0.15, 0.2) is 30.3 Å². The first-order chi connectivity index (χ1) is 8.25. The van der Waals surface area contributed by atoms with Crippen LogP contribution >= 0.6 is 0 Å². The molecule has 1 aliphatic rings. The normalized spacial score (nSPS) is 22.6. The lowest BCUT2D eigenvalue weighted by atomic mass is 9.99. The molecule has 1 fully saturated rings. The number of nitrogens with one attached hydrogen (secondary N) is 1. The van der Waals surface area contributed by atoms with Crippen molar-refractivity contribution in [1.82, 2.24) is 5.32 Å². The molecule has 17 heavy (non-hydrogen) atoms. The molecule has 2 unspecified atom stereocenters. The van der Waals surface area contributed by atoms with Crippen LogP contribution in [0.1, 0.15) is 43.8 Å².